The Morgan fingerprint density at radius 3 is 2.07 bits per heavy atom. The molecule has 1 aliphatic carbocycles. The van der Waals surface area contributed by atoms with Crippen molar-refractivity contribution >= 4 is 5.57 Å². The van der Waals surface area contributed by atoms with Gasteiger partial charge in [0.1, 0.15) is 5.75 Å². The molecule has 4 rings (SSSR count). The highest BCUT2D eigenvalue weighted by molar-refractivity contribution is 5.71. The third kappa shape index (κ3) is 3.68. The molecule has 1 nitrogen and oxygen atoms in total. The topological polar surface area (TPSA) is 20.2 Å². The first kappa shape index (κ1) is 17.6. The first-order chi connectivity index (χ1) is 13.1. The summed E-state index contributed by atoms with van der Waals surface area (Å²) in [5.41, 5.74) is 6.72. The molecule has 136 valence electrons. The zero-order valence-corrected chi connectivity index (χ0v) is 16.0. The second kappa shape index (κ2) is 7.44. The van der Waals surface area contributed by atoms with Gasteiger partial charge in [-0.1, -0.05) is 86.7 Å². The van der Waals surface area contributed by atoms with Gasteiger partial charge in [0.15, 0.2) is 0 Å². The van der Waals surface area contributed by atoms with Crippen molar-refractivity contribution in [3.05, 3.63) is 107 Å². The number of rotatable bonds is 4. The van der Waals surface area contributed by atoms with Gasteiger partial charge < -0.3 is 5.11 Å². The van der Waals surface area contributed by atoms with Crippen LogP contribution in [0.2, 0.25) is 0 Å². The Morgan fingerprint density at radius 1 is 0.778 bits per heavy atom. The van der Waals surface area contributed by atoms with Crippen LogP contribution in [-0.2, 0) is 0 Å². The average Bonchev–Trinajstić information content (AvgIpc) is 3.15. The highest BCUT2D eigenvalue weighted by Gasteiger charge is 2.30. The molecule has 0 aliphatic heterocycles. The Morgan fingerprint density at radius 2 is 1.44 bits per heavy atom. The summed E-state index contributed by atoms with van der Waals surface area (Å²) in [6.45, 7) is 4.48. The van der Waals surface area contributed by atoms with Gasteiger partial charge in [-0.05, 0) is 58.2 Å². The van der Waals surface area contributed by atoms with Crippen molar-refractivity contribution in [1.82, 2.24) is 0 Å². The summed E-state index contributed by atoms with van der Waals surface area (Å²) in [6.07, 6.45) is 3.44. The van der Waals surface area contributed by atoms with Crippen LogP contribution in [0, 0.1) is 0 Å². The number of aromatic hydroxyl groups is 1. The second-order valence-electron chi connectivity index (χ2n) is 7.81. The van der Waals surface area contributed by atoms with Crippen LogP contribution < -0.4 is 0 Å². The third-order valence-corrected chi connectivity index (χ3v) is 5.71. The number of hydrogen-bond acceptors (Lipinski definition) is 1. The van der Waals surface area contributed by atoms with E-state index >= 15 is 0 Å². The molecule has 3 aromatic carbocycles. The van der Waals surface area contributed by atoms with E-state index in [1.807, 2.05) is 12.1 Å². The number of phenolic OH excluding ortho intramolecular Hbond substituents is 1. The molecular weight excluding hydrogens is 328 g/mol. The van der Waals surface area contributed by atoms with Gasteiger partial charge in [0.2, 0.25) is 0 Å². The minimum atomic E-state index is 0.317. The molecule has 3 aromatic rings. The summed E-state index contributed by atoms with van der Waals surface area (Å²) in [6, 6.07) is 27.6. The van der Waals surface area contributed by atoms with E-state index in [9.17, 15) is 5.11 Å². The Kier molecular flexibility index (Phi) is 4.85. The van der Waals surface area contributed by atoms with Gasteiger partial charge in [-0.2, -0.15) is 0 Å². The standard InChI is InChI=1S/C26H26O/c1-18(2)19-8-10-22(11-9-19)26-17-23(20-12-14-24(27)15-13-20)16-25(26)21-6-4-3-5-7-21/h3-16,18,25-27H,17H2,1-2H3. The minimum absolute atomic E-state index is 0.317. The predicted octanol–water partition coefficient (Wildman–Crippen LogP) is 6.87. The van der Waals surface area contributed by atoms with Gasteiger partial charge in [0.05, 0.1) is 0 Å². The lowest BCUT2D eigenvalue weighted by molar-refractivity contribution is 0.475. The molecule has 1 N–H and O–H groups in total. The van der Waals surface area contributed by atoms with E-state index < -0.39 is 0 Å². The quantitative estimate of drug-likeness (QED) is 0.542. The van der Waals surface area contributed by atoms with Crippen LogP contribution in [-0.4, -0.2) is 5.11 Å². The van der Waals surface area contributed by atoms with Crippen LogP contribution in [0.4, 0.5) is 0 Å². The van der Waals surface area contributed by atoms with E-state index in [0.29, 0.717) is 23.5 Å². The molecule has 0 saturated heterocycles. The lowest BCUT2D eigenvalue weighted by atomic mass is 9.83. The summed E-state index contributed by atoms with van der Waals surface area (Å²) in [5, 5.41) is 9.61. The van der Waals surface area contributed by atoms with E-state index in [0.717, 1.165) is 6.42 Å². The summed E-state index contributed by atoms with van der Waals surface area (Å²) < 4.78 is 0. The zero-order valence-electron chi connectivity index (χ0n) is 16.0. The SMILES string of the molecule is CC(C)c1ccc(C2CC(c3ccc(O)cc3)=CC2c2ccccc2)cc1. The van der Waals surface area contributed by atoms with Crippen molar-refractivity contribution < 1.29 is 5.11 Å². The molecule has 0 spiro atoms. The first-order valence-corrected chi connectivity index (χ1v) is 9.76. The minimum Gasteiger partial charge on any atom is -0.508 e. The van der Waals surface area contributed by atoms with Gasteiger partial charge in [-0.3, -0.25) is 0 Å². The molecule has 2 unspecified atom stereocenters. The summed E-state index contributed by atoms with van der Waals surface area (Å²) in [5.74, 6) is 1.69. The molecule has 1 aliphatic rings. The van der Waals surface area contributed by atoms with Crippen LogP contribution >= 0.6 is 0 Å². The molecule has 0 aromatic heterocycles. The van der Waals surface area contributed by atoms with Crippen LogP contribution in [0.15, 0.2) is 84.9 Å². The highest BCUT2D eigenvalue weighted by atomic mass is 16.3. The molecule has 0 radical (unpaired) electrons. The van der Waals surface area contributed by atoms with Crippen molar-refractivity contribution in [2.45, 2.75) is 38.0 Å². The molecule has 0 amide bonds. The Labute approximate surface area is 162 Å². The van der Waals surface area contributed by atoms with E-state index in [4.69, 9.17) is 0 Å². The third-order valence-electron chi connectivity index (χ3n) is 5.71. The average molecular weight is 354 g/mol. The van der Waals surface area contributed by atoms with Gasteiger partial charge in [-0.25, -0.2) is 0 Å². The van der Waals surface area contributed by atoms with E-state index in [2.05, 4.69) is 74.5 Å². The predicted molar refractivity (Wildman–Crippen MR) is 113 cm³/mol. The summed E-state index contributed by atoms with van der Waals surface area (Å²) >= 11 is 0. The largest absolute Gasteiger partial charge is 0.508 e. The molecule has 0 bridgehead atoms. The Bertz CT molecular complexity index is 918. The molecule has 27 heavy (non-hydrogen) atoms. The van der Waals surface area contributed by atoms with Crippen molar-refractivity contribution in [3.8, 4) is 5.75 Å². The number of allylic oxidation sites excluding steroid dienone is 2. The Hall–Kier alpha value is -2.80. The van der Waals surface area contributed by atoms with Gasteiger partial charge in [-0.15, -0.1) is 0 Å². The number of phenols is 1. The van der Waals surface area contributed by atoms with Crippen molar-refractivity contribution in [3.63, 3.8) is 0 Å². The highest BCUT2D eigenvalue weighted by Crippen LogP contribution is 2.47. The fraction of sp³-hybridized carbons (Fsp3) is 0.231. The molecular formula is C26H26O. The maximum absolute atomic E-state index is 9.61. The fourth-order valence-electron chi connectivity index (χ4n) is 4.11. The smallest absolute Gasteiger partial charge is 0.115 e. The van der Waals surface area contributed by atoms with Gasteiger partial charge >= 0.3 is 0 Å². The normalized spacial score (nSPS) is 19.3. The zero-order chi connectivity index (χ0) is 18.8. The monoisotopic (exact) mass is 354 g/mol. The molecule has 1 heteroatoms. The van der Waals surface area contributed by atoms with Gasteiger partial charge in [0, 0.05) is 5.92 Å². The van der Waals surface area contributed by atoms with E-state index in [-0.39, 0.29) is 0 Å². The van der Waals surface area contributed by atoms with Crippen LogP contribution in [0.5, 0.6) is 5.75 Å². The van der Waals surface area contributed by atoms with Crippen LogP contribution in [0.3, 0.4) is 0 Å². The van der Waals surface area contributed by atoms with Crippen LogP contribution in [0.1, 0.15) is 60.3 Å². The molecule has 0 fully saturated rings. The van der Waals surface area contributed by atoms with E-state index in [1.165, 1.54) is 27.8 Å². The lowest BCUT2D eigenvalue weighted by Gasteiger charge is -2.21. The van der Waals surface area contributed by atoms with Gasteiger partial charge in [0.25, 0.3) is 0 Å². The molecule has 2 atom stereocenters. The maximum Gasteiger partial charge on any atom is 0.115 e. The fourth-order valence-corrected chi connectivity index (χ4v) is 4.11. The van der Waals surface area contributed by atoms with E-state index in [1.54, 1.807) is 12.1 Å². The summed E-state index contributed by atoms with van der Waals surface area (Å²) in [4.78, 5) is 0. The number of hydrogen-bond donors (Lipinski definition) is 1. The van der Waals surface area contributed by atoms with Crippen molar-refractivity contribution in [2.24, 2.45) is 0 Å². The maximum atomic E-state index is 9.61. The van der Waals surface area contributed by atoms with Crippen molar-refractivity contribution in [1.29, 1.82) is 0 Å². The van der Waals surface area contributed by atoms with Crippen LogP contribution in [0.25, 0.3) is 5.57 Å². The molecule has 0 saturated carbocycles. The lowest BCUT2D eigenvalue weighted by Crippen LogP contribution is -2.05. The summed E-state index contributed by atoms with van der Waals surface area (Å²) in [7, 11) is 0. The first-order valence-electron chi connectivity index (χ1n) is 9.76. The number of benzene rings is 3. The molecule has 0 heterocycles. The second-order valence-corrected chi connectivity index (χ2v) is 7.81. The van der Waals surface area contributed by atoms with Crippen molar-refractivity contribution in [2.75, 3.05) is 0 Å². The Balaban J connectivity index is 1.70.